The van der Waals surface area contributed by atoms with Crippen molar-refractivity contribution in [1.29, 1.82) is 0 Å². The first-order chi connectivity index (χ1) is 48.0. The first kappa shape index (κ1) is 59.7. The summed E-state index contributed by atoms with van der Waals surface area (Å²) in [4.78, 5) is 2.33. The first-order valence-corrected chi connectivity index (χ1v) is 33.7. The molecule has 2 heterocycles. The van der Waals surface area contributed by atoms with Crippen molar-refractivity contribution < 1.29 is 0 Å². The van der Waals surface area contributed by atoms with Crippen LogP contribution in [0.4, 0.5) is 28.4 Å². The van der Waals surface area contributed by atoms with Crippen LogP contribution < -0.4 is 10.2 Å². The third-order valence-electron chi connectivity index (χ3n) is 18.3. The van der Waals surface area contributed by atoms with E-state index in [0.29, 0.717) is 0 Å². The monoisotopic (exact) mass is 1300 g/mol. The number of hydrogen-bond donors (Lipinski definition) is 1. The molecule has 18 rings (SSSR count). The molecule has 0 bridgehead atoms. The van der Waals surface area contributed by atoms with Gasteiger partial charge in [-0.3, -0.25) is 0 Å². The van der Waals surface area contributed by atoms with E-state index in [-0.39, 0.29) is 0 Å². The molecule has 0 saturated heterocycles. The molecule has 0 aliphatic rings. The van der Waals surface area contributed by atoms with Crippen LogP contribution in [0.2, 0.25) is 0 Å². The molecule has 18 aromatic rings. The van der Waals surface area contributed by atoms with Gasteiger partial charge in [-0.2, -0.15) is 0 Å². The molecule has 97 heavy (non-hydrogen) atoms. The van der Waals surface area contributed by atoms with Crippen molar-refractivity contribution in [3.63, 3.8) is 0 Å². The van der Waals surface area contributed by atoms with Crippen molar-refractivity contribution >= 4 is 110 Å². The maximum atomic E-state index is 3.47. The highest BCUT2D eigenvalue weighted by Gasteiger charge is 2.18. The molecular formula is C92H65BrN4. The zero-order valence-corrected chi connectivity index (χ0v) is 54.8. The van der Waals surface area contributed by atoms with E-state index in [4.69, 9.17) is 0 Å². The Bertz CT molecular complexity index is 5740. The van der Waals surface area contributed by atoms with Crippen LogP contribution in [0, 0.1) is 0 Å². The Balaban J connectivity index is 0.000000128. The van der Waals surface area contributed by atoms with E-state index in [2.05, 4.69) is 405 Å². The molecule has 4 nitrogen and oxygen atoms in total. The van der Waals surface area contributed by atoms with Crippen LogP contribution in [-0.2, 0) is 0 Å². The van der Waals surface area contributed by atoms with Crippen LogP contribution in [0.1, 0.15) is 0 Å². The minimum Gasteiger partial charge on any atom is -0.356 e. The summed E-state index contributed by atoms with van der Waals surface area (Å²) in [5.74, 6) is 0. The first-order valence-electron chi connectivity index (χ1n) is 32.9. The van der Waals surface area contributed by atoms with Gasteiger partial charge in [0.05, 0.1) is 22.1 Å². The third kappa shape index (κ3) is 12.2. The van der Waals surface area contributed by atoms with Gasteiger partial charge in [0.15, 0.2) is 0 Å². The third-order valence-corrected chi connectivity index (χ3v) is 18.8. The van der Waals surface area contributed by atoms with Crippen LogP contribution in [0.25, 0.3) is 121 Å². The number of benzene rings is 16. The average molecular weight is 1310 g/mol. The molecule has 0 aliphatic carbocycles. The molecule has 16 aromatic carbocycles. The summed E-state index contributed by atoms with van der Waals surface area (Å²) in [5.41, 5.74) is 22.6. The van der Waals surface area contributed by atoms with E-state index in [1.54, 1.807) is 0 Å². The summed E-state index contributed by atoms with van der Waals surface area (Å²) < 4.78 is 5.82. The van der Waals surface area contributed by atoms with Crippen LogP contribution >= 0.6 is 15.9 Å². The highest BCUT2D eigenvalue weighted by atomic mass is 79.9. The van der Waals surface area contributed by atoms with Gasteiger partial charge in [-0.1, -0.05) is 271 Å². The fourth-order valence-electron chi connectivity index (χ4n) is 13.7. The fourth-order valence-corrected chi connectivity index (χ4v) is 13.9. The summed E-state index contributed by atoms with van der Waals surface area (Å²) in [6.07, 6.45) is 0. The van der Waals surface area contributed by atoms with Gasteiger partial charge in [0, 0.05) is 65.8 Å². The highest BCUT2D eigenvalue weighted by Crippen LogP contribution is 2.41. The lowest BCUT2D eigenvalue weighted by molar-refractivity contribution is 1.18. The molecule has 460 valence electrons. The zero-order valence-electron chi connectivity index (χ0n) is 53.2. The van der Waals surface area contributed by atoms with Gasteiger partial charge in [-0.15, -0.1) is 0 Å². The Morgan fingerprint density at radius 3 is 1.03 bits per heavy atom. The average Bonchev–Trinajstić information content (AvgIpc) is 1.61. The minimum atomic E-state index is 1.08. The molecule has 0 fully saturated rings. The van der Waals surface area contributed by atoms with Crippen molar-refractivity contribution in [2.24, 2.45) is 0 Å². The van der Waals surface area contributed by atoms with E-state index in [1.165, 1.54) is 121 Å². The van der Waals surface area contributed by atoms with Gasteiger partial charge in [-0.05, 0) is 200 Å². The maximum absolute atomic E-state index is 3.47. The fraction of sp³-hybridized carbons (Fsp3) is 0. The summed E-state index contributed by atoms with van der Waals surface area (Å²) in [6, 6.07) is 138. The highest BCUT2D eigenvalue weighted by molar-refractivity contribution is 9.10. The summed E-state index contributed by atoms with van der Waals surface area (Å²) >= 11 is 3.47. The summed E-state index contributed by atoms with van der Waals surface area (Å²) in [7, 11) is 0. The SMILES string of the molecule is Brc1ccc(-c2cccc3ccccc23)cc1.c1ccc(N(c2ccc(-c3ccc4c(c3)c3ccccc3n4-c3ccccc3)cc2)c2ccc(-c3cccc4ccccc34)cc2)cc1.c1ccc(Nc2ccc(-c3ccc4c(c3)c3ccccc3n4-c3ccccc3)cc2)cc1. The number of rotatable bonds is 11. The molecule has 0 aliphatic heterocycles. The van der Waals surface area contributed by atoms with Gasteiger partial charge < -0.3 is 19.4 Å². The van der Waals surface area contributed by atoms with E-state index >= 15 is 0 Å². The maximum Gasteiger partial charge on any atom is 0.0541 e. The quantitative estimate of drug-likeness (QED) is 0.140. The predicted molar refractivity (Wildman–Crippen MR) is 417 cm³/mol. The van der Waals surface area contributed by atoms with Crippen LogP contribution in [-0.4, -0.2) is 9.13 Å². The van der Waals surface area contributed by atoms with Crippen molar-refractivity contribution in [3.8, 4) is 55.9 Å². The summed E-state index contributed by atoms with van der Waals surface area (Å²) in [5, 5.41) is 13.6. The smallest absolute Gasteiger partial charge is 0.0541 e. The molecule has 0 atom stereocenters. The number of para-hydroxylation sites is 6. The molecule has 5 heteroatoms. The van der Waals surface area contributed by atoms with Crippen LogP contribution in [0.3, 0.4) is 0 Å². The van der Waals surface area contributed by atoms with Gasteiger partial charge >= 0.3 is 0 Å². The number of fused-ring (bicyclic) bond motifs is 8. The van der Waals surface area contributed by atoms with Crippen molar-refractivity contribution in [3.05, 3.63) is 393 Å². The molecule has 0 spiro atoms. The topological polar surface area (TPSA) is 25.1 Å². The number of anilines is 5. The Labute approximate surface area is 573 Å². The van der Waals surface area contributed by atoms with Gasteiger partial charge in [0.25, 0.3) is 0 Å². The van der Waals surface area contributed by atoms with Gasteiger partial charge in [0.1, 0.15) is 0 Å². The molecule has 1 N–H and O–H groups in total. The van der Waals surface area contributed by atoms with Crippen LogP contribution in [0.5, 0.6) is 0 Å². The number of nitrogens with zero attached hydrogens (tertiary/aromatic N) is 3. The van der Waals surface area contributed by atoms with Crippen molar-refractivity contribution in [1.82, 2.24) is 9.13 Å². The van der Waals surface area contributed by atoms with E-state index in [1.807, 2.05) is 18.2 Å². The normalized spacial score (nSPS) is 11.1. The minimum absolute atomic E-state index is 1.08. The van der Waals surface area contributed by atoms with Crippen molar-refractivity contribution in [2.45, 2.75) is 0 Å². The summed E-state index contributed by atoms with van der Waals surface area (Å²) in [6.45, 7) is 0. The van der Waals surface area contributed by atoms with Crippen molar-refractivity contribution in [2.75, 3.05) is 10.2 Å². The lowest BCUT2D eigenvalue weighted by atomic mass is 9.98. The lowest BCUT2D eigenvalue weighted by Gasteiger charge is -2.26. The van der Waals surface area contributed by atoms with E-state index < -0.39 is 0 Å². The van der Waals surface area contributed by atoms with Crippen LogP contribution in [0.15, 0.2) is 393 Å². The lowest BCUT2D eigenvalue weighted by Crippen LogP contribution is -2.09. The molecular weight excluding hydrogens is 1240 g/mol. The molecule has 0 amide bonds. The number of hydrogen-bond acceptors (Lipinski definition) is 2. The largest absolute Gasteiger partial charge is 0.356 e. The molecule has 2 aromatic heterocycles. The Kier molecular flexibility index (Phi) is 16.6. The van der Waals surface area contributed by atoms with E-state index in [9.17, 15) is 0 Å². The number of halogens is 1. The molecule has 0 radical (unpaired) electrons. The second kappa shape index (κ2) is 27.0. The standard InChI is InChI=1S/C46H32N2.C30H22N2.C16H11Br/c1-3-14-37(15-4-1)47(40-29-24-35(25-30-40)42-20-11-13-34-12-7-8-18-41(34)42)39-27-22-33(23-28-39)36-26-31-46-44(32-36)43-19-9-10-21-45(43)48(46)38-16-5-2-6-17-38;1-3-9-24(10-4-1)31-25-18-15-22(16-19-25)23-17-20-30-28(21-23)27-13-7-8-14-29(27)32(30)26-11-5-2-6-12-26;17-14-10-8-13(9-11-14)16-7-3-5-12-4-1-2-6-15(12)16/h1-32H;1-21,31H;1-11H. The number of aromatic nitrogens is 2. The Morgan fingerprint density at radius 2 is 0.557 bits per heavy atom. The zero-order chi connectivity index (χ0) is 64.9. The van der Waals surface area contributed by atoms with Gasteiger partial charge in [-0.25, -0.2) is 0 Å². The number of nitrogens with one attached hydrogen (secondary N) is 1. The predicted octanol–water partition coefficient (Wildman–Crippen LogP) is 26.2. The molecule has 0 saturated carbocycles. The Hall–Kier alpha value is -12.3. The van der Waals surface area contributed by atoms with E-state index in [0.717, 1.165) is 32.9 Å². The second-order valence-corrected chi connectivity index (χ2v) is 25.1. The molecule has 0 unspecified atom stereocenters. The Morgan fingerprint density at radius 1 is 0.227 bits per heavy atom. The van der Waals surface area contributed by atoms with Gasteiger partial charge in [0.2, 0.25) is 0 Å². The second-order valence-electron chi connectivity index (χ2n) is 24.2.